The zero-order valence-corrected chi connectivity index (χ0v) is 8.45. The molecule has 3 nitrogen and oxygen atoms in total. The number of fused-ring (bicyclic) bond motifs is 1. The monoisotopic (exact) mass is 203 g/mol. The van der Waals surface area contributed by atoms with Crippen LogP contribution in [0.5, 0.6) is 0 Å². The highest BCUT2D eigenvalue weighted by molar-refractivity contribution is 5.90. The Kier molecular flexibility index (Phi) is 2.72. The van der Waals surface area contributed by atoms with Gasteiger partial charge in [0.1, 0.15) is 6.61 Å². The minimum atomic E-state index is -0.287. The second-order valence-electron chi connectivity index (χ2n) is 3.44. The average Bonchev–Trinajstić information content (AvgIpc) is 2.72. The van der Waals surface area contributed by atoms with Gasteiger partial charge in [-0.25, -0.2) is 4.79 Å². The van der Waals surface area contributed by atoms with Crippen LogP contribution in [0.3, 0.4) is 0 Å². The quantitative estimate of drug-likeness (QED) is 0.603. The van der Waals surface area contributed by atoms with Crippen molar-refractivity contribution in [3.8, 4) is 0 Å². The van der Waals surface area contributed by atoms with E-state index in [1.54, 1.807) is 12.1 Å². The molecule has 0 bridgehead atoms. The number of rotatable bonds is 3. The molecule has 2 rings (SSSR count). The fourth-order valence-corrected chi connectivity index (χ4v) is 1.65. The third-order valence-electron chi connectivity index (χ3n) is 2.38. The summed E-state index contributed by atoms with van der Waals surface area (Å²) in [5.41, 5.74) is 2.91. The number of esters is 1. The molecule has 0 aliphatic carbocycles. The lowest BCUT2D eigenvalue weighted by molar-refractivity contribution is 0.0549. The van der Waals surface area contributed by atoms with Gasteiger partial charge in [-0.15, -0.1) is 0 Å². The van der Waals surface area contributed by atoms with E-state index in [2.05, 4.69) is 11.9 Å². The highest BCUT2D eigenvalue weighted by Gasteiger charge is 2.13. The van der Waals surface area contributed by atoms with Gasteiger partial charge in [0.25, 0.3) is 0 Å². The van der Waals surface area contributed by atoms with Gasteiger partial charge in [0.05, 0.1) is 5.56 Å². The van der Waals surface area contributed by atoms with E-state index in [1.807, 2.05) is 12.1 Å². The summed E-state index contributed by atoms with van der Waals surface area (Å²) in [6.07, 6.45) is 2.53. The Morgan fingerprint density at radius 3 is 3.27 bits per heavy atom. The van der Waals surface area contributed by atoms with Gasteiger partial charge in [-0.2, -0.15) is 0 Å². The Morgan fingerprint density at radius 2 is 2.47 bits per heavy atom. The predicted octanol–water partition coefficient (Wildman–Crippen LogP) is 2.00. The van der Waals surface area contributed by atoms with Crippen molar-refractivity contribution < 1.29 is 9.53 Å². The maximum atomic E-state index is 11.5. The Hall–Kier alpha value is -1.77. The summed E-state index contributed by atoms with van der Waals surface area (Å²) in [4.78, 5) is 11.5. The molecule has 78 valence electrons. The SMILES string of the molecule is C=CCOC(=O)c1ccc2c(c1)CCN2. The van der Waals surface area contributed by atoms with E-state index >= 15 is 0 Å². The fourth-order valence-electron chi connectivity index (χ4n) is 1.65. The third kappa shape index (κ3) is 2.01. The van der Waals surface area contributed by atoms with E-state index < -0.39 is 0 Å². The Bertz CT molecular complexity index is 399. The van der Waals surface area contributed by atoms with Crippen LogP contribution >= 0.6 is 0 Å². The number of hydrogen-bond acceptors (Lipinski definition) is 3. The van der Waals surface area contributed by atoms with Crippen LogP contribution in [0.15, 0.2) is 30.9 Å². The van der Waals surface area contributed by atoms with Crippen molar-refractivity contribution in [2.75, 3.05) is 18.5 Å². The van der Waals surface area contributed by atoms with Crippen molar-refractivity contribution in [2.24, 2.45) is 0 Å². The van der Waals surface area contributed by atoms with Crippen LogP contribution in [0.25, 0.3) is 0 Å². The first-order valence-electron chi connectivity index (χ1n) is 4.96. The first kappa shape index (κ1) is 9.77. The van der Waals surface area contributed by atoms with Gasteiger partial charge >= 0.3 is 5.97 Å². The minimum Gasteiger partial charge on any atom is -0.458 e. The Morgan fingerprint density at radius 1 is 1.60 bits per heavy atom. The zero-order chi connectivity index (χ0) is 10.7. The van der Waals surface area contributed by atoms with Crippen LogP contribution in [0.2, 0.25) is 0 Å². The maximum Gasteiger partial charge on any atom is 0.338 e. The van der Waals surface area contributed by atoms with Crippen molar-refractivity contribution >= 4 is 11.7 Å². The van der Waals surface area contributed by atoms with Crippen LogP contribution in [0.1, 0.15) is 15.9 Å². The van der Waals surface area contributed by atoms with Crippen LogP contribution in [0.4, 0.5) is 5.69 Å². The van der Waals surface area contributed by atoms with Crippen LogP contribution in [0, 0.1) is 0 Å². The third-order valence-corrected chi connectivity index (χ3v) is 2.38. The molecule has 1 N–H and O–H groups in total. The summed E-state index contributed by atoms with van der Waals surface area (Å²) in [6.45, 7) is 4.70. The molecule has 0 spiro atoms. The van der Waals surface area contributed by atoms with Gasteiger partial charge in [0, 0.05) is 12.2 Å². The second kappa shape index (κ2) is 4.17. The molecule has 1 aliphatic heterocycles. The summed E-state index contributed by atoms with van der Waals surface area (Å²) in [5, 5.41) is 3.24. The molecule has 0 radical (unpaired) electrons. The van der Waals surface area contributed by atoms with Gasteiger partial charge in [0.15, 0.2) is 0 Å². The summed E-state index contributed by atoms with van der Waals surface area (Å²) in [5.74, 6) is -0.287. The summed E-state index contributed by atoms with van der Waals surface area (Å²) in [7, 11) is 0. The summed E-state index contributed by atoms with van der Waals surface area (Å²) < 4.78 is 4.96. The molecule has 1 heterocycles. The molecule has 0 saturated heterocycles. The number of carbonyl (C=O) groups excluding carboxylic acids is 1. The molecular formula is C12H13NO2. The van der Waals surface area contributed by atoms with E-state index in [0.29, 0.717) is 5.56 Å². The number of benzene rings is 1. The molecule has 15 heavy (non-hydrogen) atoms. The molecule has 0 saturated carbocycles. The lowest BCUT2D eigenvalue weighted by Crippen LogP contribution is -2.05. The molecule has 1 aromatic rings. The molecule has 3 heteroatoms. The number of hydrogen-bond donors (Lipinski definition) is 1. The smallest absolute Gasteiger partial charge is 0.338 e. The molecule has 0 aromatic heterocycles. The minimum absolute atomic E-state index is 0.258. The lowest BCUT2D eigenvalue weighted by Gasteiger charge is -2.04. The van der Waals surface area contributed by atoms with E-state index in [0.717, 1.165) is 18.7 Å². The highest BCUT2D eigenvalue weighted by atomic mass is 16.5. The normalized spacial score (nSPS) is 12.8. The van der Waals surface area contributed by atoms with Crippen LogP contribution in [-0.2, 0) is 11.2 Å². The molecule has 0 unspecified atom stereocenters. The average molecular weight is 203 g/mol. The van der Waals surface area contributed by atoms with Crippen molar-refractivity contribution in [1.29, 1.82) is 0 Å². The van der Waals surface area contributed by atoms with E-state index in [-0.39, 0.29) is 12.6 Å². The van der Waals surface area contributed by atoms with Gasteiger partial charge in [-0.05, 0) is 30.2 Å². The van der Waals surface area contributed by atoms with Gasteiger partial charge < -0.3 is 10.1 Å². The number of anilines is 1. The zero-order valence-electron chi connectivity index (χ0n) is 8.45. The standard InChI is InChI=1S/C12H13NO2/c1-2-7-15-12(14)10-3-4-11-9(8-10)5-6-13-11/h2-4,8,13H,1,5-7H2. The van der Waals surface area contributed by atoms with E-state index in [1.165, 1.54) is 5.56 Å². The van der Waals surface area contributed by atoms with Crippen molar-refractivity contribution in [1.82, 2.24) is 0 Å². The van der Waals surface area contributed by atoms with Gasteiger partial charge in [-0.1, -0.05) is 12.7 Å². The van der Waals surface area contributed by atoms with E-state index in [9.17, 15) is 4.79 Å². The fraction of sp³-hybridized carbons (Fsp3) is 0.250. The molecule has 0 amide bonds. The highest BCUT2D eigenvalue weighted by Crippen LogP contribution is 2.23. The van der Waals surface area contributed by atoms with Gasteiger partial charge in [-0.3, -0.25) is 0 Å². The molecule has 0 fully saturated rings. The lowest BCUT2D eigenvalue weighted by atomic mass is 10.1. The maximum absolute atomic E-state index is 11.5. The summed E-state index contributed by atoms with van der Waals surface area (Å²) >= 11 is 0. The van der Waals surface area contributed by atoms with Gasteiger partial charge in [0.2, 0.25) is 0 Å². The molecule has 1 aliphatic rings. The predicted molar refractivity (Wildman–Crippen MR) is 59.1 cm³/mol. The summed E-state index contributed by atoms with van der Waals surface area (Å²) in [6, 6.07) is 5.59. The molecular weight excluding hydrogens is 190 g/mol. The number of ether oxygens (including phenoxy) is 1. The number of carbonyl (C=O) groups is 1. The van der Waals surface area contributed by atoms with Crippen molar-refractivity contribution in [3.63, 3.8) is 0 Å². The van der Waals surface area contributed by atoms with Crippen LogP contribution in [-0.4, -0.2) is 19.1 Å². The van der Waals surface area contributed by atoms with Crippen molar-refractivity contribution in [2.45, 2.75) is 6.42 Å². The van der Waals surface area contributed by atoms with Crippen LogP contribution < -0.4 is 5.32 Å². The van der Waals surface area contributed by atoms with E-state index in [4.69, 9.17) is 4.74 Å². The molecule has 0 atom stereocenters. The first-order chi connectivity index (χ1) is 7.31. The topological polar surface area (TPSA) is 38.3 Å². The van der Waals surface area contributed by atoms with Crippen molar-refractivity contribution in [3.05, 3.63) is 42.0 Å². The molecule has 1 aromatic carbocycles. The second-order valence-corrected chi connectivity index (χ2v) is 3.44. The first-order valence-corrected chi connectivity index (χ1v) is 4.96. The largest absolute Gasteiger partial charge is 0.458 e. The number of nitrogens with one attached hydrogen (secondary N) is 1. The Balaban J connectivity index is 2.15. The Labute approximate surface area is 88.8 Å².